The van der Waals surface area contributed by atoms with Crippen LogP contribution in [0.3, 0.4) is 0 Å². The second-order valence-corrected chi connectivity index (χ2v) is 6.00. The Bertz CT molecular complexity index is 176. The topological polar surface area (TPSA) is 0 Å². The Morgan fingerprint density at radius 2 is 1.91 bits per heavy atom. The Hall–Kier alpha value is 0.350. The predicted octanol–water partition coefficient (Wildman–Crippen LogP) is 3.21. The number of rotatable bonds is 0. The minimum Gasteiger partial charge on any atom is -0.149 e. The normalized spacial score (nSPS) is 54.5. The van der Waals surface area contributed by atoms with Gasteiger partial charge in [0.15, 0.2) is 0 Å². The van der Waals surface area contributed by atoms with Gasteiger partial charge in [0, 0.05) is 10.00 Å². The molecule has 1 aliphatic heterocycles. The first-order valence-electron chi connectivity index (χ1n) is 5.10. The largest absolute Gasteiger partial charge is 0.149 e. The van der Waals surface area contributed by atoms with Gasteiger partial charge in [0.2, 0.25) is 0 Å². The molecule has 1 heteroatoms. The SMILES string of the molecule is C1CCC23SC2CCCC3C1. The van der Waals surface area contributed by atoms with E-state index in [1.165, 1.54) is 19.3 Å². The van der Waals surface area contributed by atoms with Gasteiger partial charge in [-0.1, -0.05) is 19.3 Å². The van der Waals surface area contributed by atoms with E-state index >= 15 is 0 Å². The molecule has 0 bridgehead atoms. The van der Waals surface area contributed by atoms with Crippen LogP contribution in [-0.2, 0) is 0 Å². The first-order chi connectivity index (χ1) is 5.42. The van der Waals surface area contributed by atoms with Gasteiger partial charge in [0.1, 0.15) is 0 Å². The molecule has 11 heavy (non-hydrogen) atoms. The Labute approximate surface area is 73.1 Å². The van der Waals surface area contributed by atoms with Crippen LogP contribution in [0.4, 0.5) is 0 Å². The third-order valence-electron chi connectivity index (χ3n) is 3.93. The third kappa shape index (κ3) is 0.838. The molecule has 0 radical (unpaired) electrons. The molecule has 3 atom stereocenters. The molecule has 2 aliphatic carbocycles. The molecule has 1 spiro atoms. The molecule has 62 valence electrons. The maximum Gasteiger partial charge on any atom is 0.0310 e. The lowest BCUT2D eigenvalue weighted by Gasteiger charge is -2.34. The summed E-state index contributed by atoms with van der Waals surface area (Å²) in [5.74, 6) is 1.14. The van der Waals surface area contributed by atoms with Crippen LogP contribution in [-0.4, -0.2) is 10.00 Å². The molecule has 2 saturated carbocycles. The number of thioether (sulfide) groups is 1. The third-order valence-corrected chi connectivity index (χ3v) is 5.88. The first-order valence-corrected chi connectivity index (χ1v) is 5.98. The Kier molecular flexibility index (Phi) is 1.36. The Balaban J connectivity index is 1.84. The lowest BCUT2D eigenvalue weighted by Crippen LogP contribution is -2.32. The van der Waals surface area contributed by atoms with Crippen LogP contribution < -0.4 is 0 Å². The van der Waals surface area contributed by atoms with E-state index in [4.69, 9.17) is 0 Å². The molecule has 3 unspecified atom stereocenters. The molecule has 1 saturated heterocycles. The molecule has 3 fully saturated rings. The molecule has 3 rings (SSSR count). The van der Waals surface area contributed by atoms with Crippen LogP contribution in [0, 0.1) is 5.92 Å². The molecule has 0 aromatic heterocycles. The van der Waals surface area contributed by atoms with E-state index in [0.29, 0.717) is 0 Å². The molecule has 0 aromatic rings. The van der Waals surface area contributed by atoms with Gasteiger partial charge < -0.3 is 0 Å². The fourth-order valence-corrected chi connectivity index (χ4v) is 5.16. The maximum absolute atomic E-state index is 2.33. The highest BCUT2D eigenvalue weighted by molar-refractivity contribution is 8.08. The standard InChI is InChI=1S/C10H16S/c1-2-7-10-8(4-1)5-3-6-9(10)11-10/h8-9H,1-7H2. The minimum atomic E-state index is 0.858. The molecule has 0 aromatic carbocycles. The smallest absolute Gasteiger partial charge is 0.0310 e. The van der Waals surface area contributed by atoms with Crippen LogP contribution in [0.2, 0.25) is 0 Å². The predicted molar refractivity (Wildman–Crippen MR) is 49.9 cm³/mol. The van der Waals surface area contributed by atoms with Crippen molar-refractivity contribution < 1.29 is 0 Å². The van der Waals surface area contributed by atoms with Gasteiger partial charge >= 0.3 is 0 Å². The van der Waals surface area contributed by atoms with Crippen molar-refractivity contribution in [1.82, 2.24) is 0 Å². The van der Waals surface area contributed by atoms with E-state index in [1.807, 2.05) is 0 Å². The lowest BCUT2D eigenvalue weighted by molar-refractivity contribution is 0.243. The zero-order valence-electron chi connectivity index (χ0n) is 7.01. The van der Waals surface area contributed by atoms with E-state index in [-0.39, 0.29) is 0 Å². The quantitative estimate of drug-likeness (QED) is 0.500. The second kappa shape index (κ2) is 2.18. The number of hydrogen-bond donors (Lipinski definition) is 0. The fourth-order valence-electron chi connectivity index (χ4n) is 3.29. The summed E-state index contributed by atoms with van der Waals surface area (Å²) in [6.45, 7) is 0. The van der Waals surface area contributed by atoms with Crippen molar-refractivity contribution in [3.05, 3.63) is 0 Å². The highest BCUT2D eigenvalue weighted by atomic mass is 32.2. The van der Waals surface area contributed by atoms with Crippen molar-refractivity contribution in [3.8, 4) is 0 Å². The summed E-state index contributed by atoms with van der Waals surface area (Å²) in [5, 5.41) is 1.11. The van der Waals surface area contributed by atoms with Crippen LogP contribution >= 0.6 is 11.8 Å². The second-order valence-electron chi connectivity index (χ2n) is 4.44. The number of hydrogen-bond acceptors (Lipinski definition) is 1. The minimum absolute atomic E-state index is 0.858. The summed E-state index contributed by atoms with van der Waals surface area (Å²) in [6, 6.07) is 0. The highest BCUT2D eigenvalue weighted by Gasteiger charge is 2.61. The Morgan fingerprint density at radius 3 is 2.82 bits per heavy atom. The molecular formula is C10H16S. The van der Waals surface area contributed by atoms with Gasteiger partial charge in [-0.25, -0.2) is 0 Å². The summed E-state index contributed by atoms with van der Waals surface area (Å²) >= 11 is 2.33. The van der Waals surface area contributed by atoms with E-state index in [1.54, 1.807) is 25.7 Å². The van der Waals surface area contributed by atoms with Gasteiger partial charge in [0.05, 0.1) is 0 Å². The van der Waals surface area contributed by atoms with Crippen LogP contribution in [0.1, 0.15) is 44.9 Å². The summed E-state index contributed by atoms with van der Waals surface area (Å²) in [5.41, 5.74) is 0. The maximum atomic E-state index is 2.33. The molecule has 0 nitrogen and oxygen atoms in total. The summed E-state index contributed by atoms with van der Waals surface area (Å²) in [4.78, 5) is 0. The molecular weight excluding hydrogens is 152 g/mol. The van der Waals surface area contributed by atoms with Gasteiger partial charge in [-0.05, 0) is 31.6 Å². The van der Waals surface area contributed by atoms with E-state index < -0.39 is 0 Å². The first kappa shape index (κ1) is 6.82. The van der Waals surface area contributed by atoms with E-state index in [2.05, 4.69) is 11.8 Å². The molecule has 0 N–H and O–H groups in total. The van der Waals surface area contributed by atoms with Crippen LogP contribution in [0.15, 0.2) is 0 Å². The lowest BCUT2D eigenvalue weighted by atomic mass is 9.71. The zero-order chi connectivity index (χ0) is 7.31. The fraction of sp³-hybridized carbons (Fsp3) is 1.00. The monoisotopic (exact) mass is 168 g/mol. The van der Waals surface area contributed by atoms with Crippen LogP contribution in [0.5, 0.6) is 0 Å². The van der Waals surface area contributed by atoms with Crippen molar-refractivity contribution in [2.45, 2.75) is 54.9 Å². The van der Waals surface area contributed by atoms with Crippen molar-refractivity contribution in [1.29, 1.82) is 0 Å². The van der Waals surface area contributed by atoms with E-state index in [0.717, 1.165) is 15.9 Å². The molecule has 1 heterocycles. The van der Waals surface area contributed by atoms with Crippen molar-refractivity contribution >= 4 is 11.8 Å². The van der Waals surface area contributed by atoms with Crippen LogP contribution in [0.25, 0.3) is 0 Å². The van der Waals surface area contributed by atoms with Gasteiger partial charge in [-0.3, -0.25) is 0 Å². The van der Waals surface area contributed by atoms with E-state index in [9.17, 15) is 0 Å². The Morgan fingerprint density at radius 1 is 1.00 bits per heavy atom. The summed E-state index contributed by atoms with van der Waals surface area (Å²) in [7, 11) is 0. The van der Waals surface area contributed by atoms with Gasteiger partial charge in [-0.2, -0.15) is 0 Å². The zero-order valence-corrected chi connectivity index (χ0v) is 7.83. The van der Waals surface area contributed by atoms with Gasteiger partial charge in [-0.15, -0.1) is 11.8 Å². The average molecular weight is 168 g/mol. The highest BCUT2D eigenvalue weighted by Crippen LogP contribution is 2.68. The van der Waals surface area contributed by atoms with Gasteiger partial charge in [0.25, 0.3) is 0 Å². The average Bonchev–Trinajstić information content (AvgIpc) is 2.75. The summed E-state index contributed by atoms with van der Waals surface area (Å²) < 4.78 is 0.858. The van der Waals surface area contributed by atoms with Crippen molar-refractivity contribution in [2.75, 3.05) is 0 Å². The summed E-state index contributed by atoms with van der Waals surface area (Å²) in [6.07, 6.45) is 10.8. The molecule has 0 amide bonds. The van der Waals surface area contributed by atoms with Crippen molar-refractivity contribution in [2.24, 2.45) is 5.92 Å². The van der Waals surface area contributed by atoms with Crippen molar-refractivity contribution in [3.63, 3.8) is 0 Å². The molecule has 3 aliphatic rings.